The van der Waals surface area contributed by atoms with Crippen molar-refractivity contribution in [3.63, 3.8) is 0 Å². The SMILES string of the molecule is CC(CC(=O)O)N1CC(C2CCCC2)N(C)C1=O. The van der Waals surface area contributed by atoms with Crippen LogP contribution in [0, 0.1) is 5.92 Å². The average Bonchev–Trinajstić information content (AvgIpc) is 2.88. The van der Waals surface area contributed by atoms with Crippen LogP contribution >= 0.6 is 0 Å². The molecule has 1 saturated heterocycles. The van der Waals surface area contributed by atoms with Gasteiger partial charge in [-0.2, -0.15) is 0 Å². The molecule has 5 heteroatoms. The van der Waals surface area contributed by atoms with E-state index in [1.165, 1.54) is 25.7 Å². The molecule has 0 aromatic rings. The van der Waals surface area contributed by atoms with Crippen LogP contribution < -0.4 is 0 Å². The van der Waals surface area contributed by atoms with Crippen molar-refractivity contribution in [1.82, 2.24) is 9.80 Å². The van der Waals surface area contributed by atoms with Crippen LogP contribution in [0.1, 0.15) is 39.0 Å². The van der Waals surface area contributed by atoms with E-state index in [1.54, 1.807) is 4.90 Å². The summed E-state index contributed by atoms with van der Waals surface area (Å²) < 4.78 is 0. The number of likely N-dealkylation sites (N-methyl/N-ethyl adjacent to an activating group) is 1. The largest absolute Gasteiger partial charge is 0.481 e. The summed E-state index contributed by atoms with van der Waals surface area (Å²) in [5.41, 5.74) is 0. The van der Waals surface area contributed by atoms with E-state index in [2.05, 4.69) is 0 Å². The van der Waals surface area contributed by atoms with Crippen LogP contribution in [0.5, 0.6) is 0 Å². The first kappa shape index (κ1) is 13.2. The van der Waals surface area contributed by atoms with Gasteiger partial charge in [-0.15, -0.1) is 0 Å². The summed E-state index contributed by atoms with van der Waals surface area (Å²) in [7, 11) is 1.85. The van der Waals surface area contributed by atoms with Crippen LogP contribution in [0.15, 0.2) is 0 Å². The van der Waals surface area contributed by atoms with Gasteiger partial charge in [0, 0.05) is 19.6 Å². The molecular weight excluding hydrogens is 232 g/mol. The van der Waals surface area contributed by atoms with E-state index in [1.807, 2.05) is 18.9 Å². The summed E-state index contributed by atoms with van der Waals surface area (Å²) in [6.07, 6.45) is 4.94. The van der Waals surface area contributed by atoms with Gasteiger partial charge in [-0.05, 0) is 25.7 Å². The van der Waals surface area contributed by atoms with E-state index in [4.69, 9.17) is 5.11 Å². The molecule has 18 heavy (non-hydrogen) atoms. The van der Waals surface area contributed by atoms with Gasteiger partial charge in [0.15, 0.2) is 0 Å². The lowest BCUT2D eigenvalue weighted by Crippen LogP contribution is -2.37. The predicted octanol–water partition coefficient (Wildman–Crippen LogP) is 1.78. The van der Waals surface area contributed by atoms with Crippen LogP contribution in [0.4, 0.5) is 4.79 Å². The maximum absolute atomic E-state index is 12.2. The van der Waals surface area contributed by atoms with E-state index in [-0.39, 0.29) is 24.5 Å². The third kappa shape index (κ3) is 2.44. The zero-order valence-electron chi connectivity index (χ0n) is 11.1. The lowest BCUT2D eigenvalue weighted by molar-refractivity contribution is -0.137. The van der Waals surface area contributed by atoms with Crippen LogP contribution in [0.25, 0.3) is 0 Å². The molecule has 0 spiro atoms. The summed E-state index contributed by atoms with van der Waals surface area (Å²) in [5.74, 6) is -0.247. The Bertz CT molecular complexity index is 339. The highest BCUT2D eigenvalue weighted by Crippen LogP contribution is 2.34. The Morgan fingerprint density at radius 2 is 2.06 bits per heavy atom. The third-order valence-electron chi connectivity index (χ3n) is 4.37. The van der Waals surface area contributed by atoms with E-state index in [0.717, 1.165) is 0 Å². The number of rotatable bonds is 4. The number of hydrogen-bond donors (Lipinski definition) is 1. The van der Waals surface area contributed by atoms with Crippen LogP contribution in [-0.4, -0.2) is 52.6 Å². The van der Waals surface area contributed by atoms with E-state index < -0.39 is 5.97 Å². The number of aliphatic carboxylic acids is 1. The van der Waals surface area contributed by atoms with Crippen LogP contribution in [0.2, 0.25) is 0 Å². The van der Waals surface area contributed by atoms with Gasteiger partial charge in [0.25, 0.3) is 0 Å². The second kappa shape index (κ2) is 5.16. The molecule has 5 nitrogen and oxygen atoms in total. The molecule has 2 amide bonds. The minimum atomic E-state index is -0.845. The van der Waals surface area contributed by atoms with Crippen molar-refractivity contribution in [3.8, 4) is 0 Å². The highest BCUT2D eigenvalue weighted by molar-refractivity contribution is 5.78. The maximum Gasteiger partial charge on any atom is 0.320 e. The Morgan fingerprint density at radius 1 is 1.44 bits per heavy atom. The fourth-order valence-corrected chi connectivity index (χ4v) is 3.29. The Labute approximate surface area is 108 Å². The Kier molecular flexibility index (Phi) is 3.78. The van der Waals surface area contributed by atoms with E-state index in [9.17, 15) is 9.59 Å². The van der Waals surface area contributed by atoms with Crippen molar-refractivity contribution in [1.29, 1.82) is 0 Å². The lowest BCUT2D eigenvalue weighted by atomic mass is 9.98. The molecule has 1 aliphatic heterocycles. The lowest BCUT2D eigenvalue weighted by Gasteiger charge is -2.23. The van der Waals surface area contributed by atoms with Gasteiger partial charge in [-0.25, -0.2) is 4.79 Å². The van der Waals surface area contributed by atoms with Gasteiger partial charge in [0.2, 0.25) is 0 Å². The van der Waals surface area contributed by atoms with E-state index >= 15 is 0 Å². The molecule has 2 rings (SSSR count). The third-order valence-corrected chi connectivity index (χ3v) is 4.37. The van der Waals surface area contributed by atoms with Gasteiger partial charge in [-0.3, -0.25) is 4.79 Å². The fraction of sp³-hybridized carbons (Fsp3) is 0.846. The number of carbonyl (C=O) groups is 2. The molecule has 0 aromatic heterocycles. The first-order valence-corrected chi connectivity index (χ1v) is 6.76. The Balaban J connectivity index is 2.01. The van der Waals surface area contributed by atoms with Crippen LogP contribution in [0.3, 0.4) is 0 Å². The molecule has 102 valence electrons. The van der Waals surface area contributed by atoms with Crippen molar-refractivity contribution < 1.29 is 14.7 Å². The van der Waals surface area contributed by atoms with Gasteiger partial charge in [0.05, 0.1) is 12.5 Å². The highest BCUT2D eigenvalue weighted by Gasteiger charge is 2.41. The number of carbonyl (C=O) groups excluding carboxylic acids is 1. The van der Waals surface area contributed by atoms with Crippen molar-refractivity contribution in [2.45, 2.75) is 51.1 Å². The predicted molar refractivity (Wildman–Crippen MR) is 67.3 cm³/mol. The van der Waals surface area contributed by atoms with Crippen molar-refractivity contribution in [3.05, 3.63) is 0 Å². The summed E-state index contributed by atoms with van der Waals surface area (Å²) in [6, 6.07) is 0.0424. The number of carboxylic acid groups (broad SMARTS) is 1. The van der Waals surface area contributed by atoms with Gasteiger partial charge >= 0.3 is 12.0 Å². The number of amides is 2. The van der Waals surface area contributed by atoms with Crippen LogP contribution in [-0.2, 0) is 4.79 Å². The molecule has 2 atom stereocenters. The molecular formula is C13H22N2O3. The summed E-state index contributed by atoms with van der Waals surface area (Å²) >= 11 is 0. The second-order valence-electron chi connectivity index (χ2n) is 5.60. The minimum absolute atomic E-state index is 0.0133. The molecule has 0 radical (unpaired) electrons. The highest BCUT2D eigenvalue weighted by atomic mass is 16.4. The molecule has 1 saturated carbocycles. The minimum Gasteiger partial charge on any atom is -0.481 e. The number of nitrogens with zero attached hydrogens (tertiary/aromatic N) is 2. The second-order valence-corrected chi connectivity index (χ2v) is 5.60. The standard InChI is InChI=1S/C13H22N2O3/c1-9(7-12(16)17)15-8-11(14(2)13(15)18)10-5-3-4-6-10/h9-11H,3-8H2,1-2H3,(H,16,17). The molecule has 2 aliphatic rings. The number of carboxylic acids is 1. The Morgan fingerprint density at radius 3 is 2.61 bits per heavy atom. The summed E-state index contributed by atoms with van der Waals surface area (Å²) in [6.45, 7) is 2.51. The fourth-order valence-electron chi connectivity index (χ4n) is 3.29. The average molecular weight is 254 g/mol. The van der Waals surface area contributed by atoms with Gasteiger partial charge in [-0.1, -0.05) is 12.8 Å². The van der Waals surface area contributed by atoms with Gasteiger partial charge < -0.3 is 14.9 Å². The zero-order valence-corrected chi connectivity index (χ0v) is 11.1. The molecule has 0 aromatic carbocycles. The number of urea groups is 1. The molecule has 2 fully saturated rings. The zero-order chi connectivity index (χ0) is 13.3. The summed E-state index contributed by atoms with van der Waals surface area (Å²) in [4.78, 5) is 26.4. The molecule has 2 unspecified atom stereocenters. The normalized spacial score (nSPS) is 27.0. The van der Waals surface area contributed by atoms with Gasteiger partial charge in [0.1, 0.15) is 0 Å². The molecule has 1 N–H and O–H groups in total. The molecule has 1 aliphatic carbocycles. The molecule has 1 heterocycles. The first-order chi connectivity index (χ1) is 8.50. The van der Waals surface area contributed by atoms with Crippen molar-refractivity contribution >= 4 is 12.0 Å². The van der Waals surface area contributed by atoms with Crippen molar-refractivity contribution in [2.24, 2.45) is 5.92 Å². The monoisotopic (exact) mass is 254 g/mol. The molecule has 0 bridgehead atoms. The quantitative estimate of drug-likeness (QED) is 0.831. The number of hydrogen-bond acceptors (Lipinski definition) is 2. The maximum atomic E-state index is 12.2. The topological polar surface area (TPSA) is 60.9 Å². The Hall–Kier alpha value is -1.26. The van der Waals surface area contributed by atoms with E-state index in [0.29, 0.717) is 12.5 Å². The smallest absolute Gasteiger partial charge is 0.320 e. The first-order valence-electron chi connectivity index (χ1n) is 6.76. The summed E-state index contributed by atoms with van der Waals surface area (Å²) in [5, 5.41) is 8.82. The van der Waals surface area contributed by atoms with Crippen molar-refractivity contribution in [2.75, 3.05) is 13.6 Å².